The summed E-state index contributed by atoms with van der Waals surface area (Å²) in [5.74, 6) is -1.08. The predicted octanol–water partition coefficient (Wildman–Crippen LogP) is -1.12. The van der Waals surface area contributed by atoms with Gasteiger partial charge in [-0.05, 0) is 5.56 Å². The van der Waals surface area contributed by atoms with E-state index in [1.807, 2.05) is 0 Å². The molecule has 11 nitrogen and oxygen atoms in total. The highest BCUT2D eigenvalue weighted by Gasteiger charge is 2.14. The second-order valence-electron chi connectivity index (χ2n) is 4.90. The van der Waals surface area contributed by atoms with Crippen molar-refractivity contribution in [1.82, 2.24) is 20.6 Å². The number of carbonyl (C=O) groups is 2. The number of nitro benzene ring substituents is 1. The zero-order chi connectivity index (χ0) is 17.9. The van der Waals surface area contributed by atoms with Gasteiger partial charge in [0, 0.05) is 25.6 Å². The average molecular weight is 335 g/mol. The minimum atomic E-state index is -0.928. The van der Waals surface area contributed by atoms with Crippen molar-refractivity contribution in [3.63, 3.8) is 0 Å². The van der Waals surface area contributed by atoms with E-state index in [0.717, 1.165) is 6.07 Å². The summed E-state index contributed by atoms with van der Waals surface area (Å²) in [5.41, 5.74) is -1.49. The Bertz CT molecular complexity index is 944. The number of non-ortho nitro benzene ring substituents is 1. The first-order valence-corrected chi connectivity index (χ1v) is 6.72. The summed E-state index contributed by atoms with van der Waals surface area (Å²) in [6.07, 6.45) is 0. The Kier molecular flexibility index (Phi) is 4.84. The quantitative estimate of drug-likeness (QED) is 0.305. The van der Waals surface area contributed by atoms with Crippen molar-refractivity contribution in [2.24, 2.45) is 0 Å². The number of nitrogens with zero attached hydrogens (tertiary/aromatic N) is 1. The van der Waals surface area contributed by atoms with Gasteiger partial charge in [0.1, 0.15) is 0 Å². The first kappa shape index (κ1) is 17.0. The number of aromatic amines is 2. The summed E-state index contributed by atoms with van der Waals surface area (Å²) < 4.78 is 0. The van der Waals surface area contributed by atoms with Crippen LogP contribution in [0.15, 0.2) is 21.7 Å². The molecular formula is C13H13N5O6. The highest BCUT2D eigenvalue weighted by Crippen LogP contribution is 2.21. The maximum absolute atomic E-state index is 11.5. The van der Waals surface area contributed by atoms with Crippen molar-refractivity contribution < 1.29 is 14.5 Å². The number of nitrogens with one attached hydrogen (secondary N) is 4. The first-order valence-electron chi connectivity index (χ1n) is 6.72. The highest BCUT2D eigenvalue weighted by atomic mass is 16.6. The molecule has 0 fully saturated rings. The zero-order valence-corrected chi connectivity index (χ0v) is 12.5. The molecule has 0 spiro atoms. The molecule has 0 radical (unpaired) electrons. The molecule has 2 aromatic rings. The van der Waals surface area contributed by atoms with E-state index in [4.69, 9.17) is 0 Å². The molecule has 126 valence electrons. The monoisotopic (exact) mass is 335 g/mol. The van der Waals surface area contributed by atoms with Gasteiger partial charge < -0.3 is 15.3 Å². The van der Waals surface area contributed by atoms with Gasteiger partial charge in [-0.25, -0.2) is 0 Å². The number of H-pyrrole nitrogens is 2. The smallest absolute Gasteiger partial charge is 0.314 e. The molecule has 0 aliphatic carbocycles. The molecule has 1 aromatic carbocycles. The van der Waals surface area contributed by atoms with Gasteiger partial charge in [0.05, 0.1) is 22.5 Å². The molecule has 1 aromatic heterocycles. The summed E-state index contributed by atoms with van der Waals surface area (Å²) in [7, 11) is 0. The molecule has 2 amide bonds. The lowest BCUT2D eigenvalue weighted by Gasteiger charge is -2.08. The van der Waals surface area contributed by atoms with Crippen molar-refractivity contribution in [2.45, 2.75) is 13.5 Å². The summed E-state index contributed by atoms with van der Waals surface area (Å²) in [6.45, 7) is 0.968. The lowest BCUT2D eigenvalue weighted by molar-refractivity contribution is -0.384. The standard InChI is InChI=1S/C13H13N5O6/c1-6(19)15-10(20)5-14-4-7-2-8(18(23)24)3-9-11(7)17-13(22)12(21)16-9/h2-3,14H,4-5H2,1H3,(H,16,21)(H,17,22)(H,15,19,20). The number of amides is 2. The van der Waals surface area contributed by atoms with Crippen LogP contribution in [0.2, 0.25) is 0 Å². The van der Waals surface area contributed by atoms with Gasteiger partial charge in [-0.1, -0.05) is 0 Å². The summed E-state index contributed by atoms with van der Waals surface area (Å²) >= 11 is 0. The summed E-state index contributed by atoms with van der Waals surface area (Å²) in [6, 6.07) is 2.34. The third kappa shape index (κ3) is 3.89. The number of hydrogen-bond donors (Lipinski definition) is 4. The summed E-state index contributed by atoms with van der Waals surface area (Å²) in [5, 5.41) is 15.7. The van der Waals surface area contributed by atoms with Crippen LogP contribution in [0.25, 0.3) is 11.0 Å². The Morgan fingerprint density at radius 3 is 2.50 bits per heavy atom. The highest BCUT2D eigenvalue weighted by molar-refractivity contribution is 5.94. The maximum atomic E-state index is 11.5. The number of hydrogen-bond acceptors (Lipinski definition) is 7. The van der Waals surface area contributed by atoms with E-state index < -0.39 is 27.9 Å². The molecule has 2 rings (SSSR count). The molecule has 1 heterocycles. The second kappa shape index (κ2) is 6.83. The van der Waals surface area contributed by atoms with Crippen LogP contribution in [0.5, 0.6) is 0 Å². The number of carbonyl (C=O) groups excluding carboxylic acids is 2. The lowest BCUT2D eigenvalue weighted by Crippen LogP contribution is -2.36. The van der Waals surface area contributed by atoms with Crippen LogP contribution in [-0.2, 0) is 16.1 Å². The largest absolute Gasteiger partial charge is 0.316 e. The molecule has 0 aliphatic rings. The number of aromatic nitrogens is 2. The zero-order valence-electron chi connectivity index (χ0n) is 12.5. The molecule has 0 bridgehead atoms. The van der Waals surface area contributed by atoms with E-state index in [1.54, 1.807) is 0 Å². The number of nitro groups is 1. The van der Waals surface area contributed by atoms with Gasteiger partial charge in [0.2, 0.25) is 11.8 Å². The minimum Gasteiger partial charge on any atom is -0.316 e. The fourth-order valence-corrected chi connectivity index (χ4v) is 2.08. The second-order valence-corrected chi connectivity index (χ2v) is 4.90. The fourth-order valence-electron chi connectivity index (χ4n) is 2.08. The molecule has 0 aliphatic heterocycles. The van der Waals surface area contributed by atoms with Crippen molar-refractivity contribution in [3.05, 3.63) is 48.5 Å². The minimum absolute atomic E-state index is 0.00844. The van der Waals surface area contributed by atoms with Crippen LogP contribution in [0.4, 0.5) is 5.69 Å². The van der Waals surface area contributed by atoms with Gasteiger partial charge in [-0.3, -0.25) is 34.6 Å². The van der Waals surface area contributed by atoms with E-state index >= 15 is 0 Å². The average Bonchev–Trinajstić information content (AvgIpc) is 2.47. The number of imide groups is 1. The Morgan fingerprint density at radius 1 is 1.21 bits per heavy atom. The van der Waals surface area contributed by atoms with Gasteiger partial charge in [0.15, 0.2) is 0 Å². The fraction of sp³-hybridized carbons (Fsp3) is 0.231. The van der Waals surface area contributed by atoms with Crippen LogP contribution in [0, 0.1) is 10.1 Å². The summed E-state index contributed by atoms with van der Waals surface area (Å²) in [4.78, 5) is 59.9. The number of rotatable bonds is 5. The first-order chi connectivity index (χ1) is 11.3. The van der Waals surface area contributed by atoms with E-state index in [0.29, 0.717) is 5.56 Å². The Morgan fingerprint density at radius 2 is 1.88 bits per heavy atom. The Labute approximate surface area is 133 Å². The molecule has 0 atom stereocenters. The van der Waals surface area contributed by atoms with Gasteiger partial charge >= 0.3 is 11.1 Å². The van der Waals surface area contributed by atoms with Gasteiger partial charge in [0.25, 0.3) is 5.69 Å². The van der Waals surface area contributed by atoms with Crippen LogP contribution in [-0.4, -0.2) is 33.3 Å². The van der Waals surface area contributed by atoms with Crippen molar-refractivity contribution in [1.29, 1.82) is 0 Å². The third-order valence-corrected chi connectivity index (χ3v) is 3.03. The molecule has 11 heteroatoms. The van der Waals surface area contributed by atoms with Crippen molar-refractivity contribution in [3.8, 4) is 0 Å². The Hall–Kier alpha value is -3.34. The molecule has 0 saturated heterocycles. The molecule has 0 unspecified atom stereocenters. The van der Waals surface area contributed by atoms with E-state index in [-0.39, 0.29) is 29.8 Å². The normalized spacial score (nSPS) is 10.5. The van der Waals surface area contributed by atoms with Crippen LogP contribution in [0.3, 0.4) is 0 Å². The third-order valence-electron chi connectivity index (χ3n) is 3.03. The van der Waals surface area contributed by atoms with E-state index in [9.17, 15) is 29.3 Å². The lowest BCUT2D eigenvalue weighted by atomic mass is 10.1. The molecule has 4 N–H and O–H groups in total. The van der Waals surface area contributed by atoms with Gasteiger partial charge in [-0.15, -0.1) is 0 Å². The Balaban J connectivity index is 2.33. The van der Waals surface area contributed by atoms with Crippen molar-refractivity contribution in [2.75, 3.05) is 6.54 Å². The van der Waals surface area contributed by atoms with Crippen LogP contribution < -0.4 is 21.8 Å². The number of benzene rings is 1. The molecule has 24 heavy (non-hydrogen) atoms. The van der Waals surface area contributed by atoms with Crippen LogP contribution >= 0.6 is 0 Å². The van der Waals surface area contributed by atoms with Crippen LogP contribution in [0.1, 0.15) is 12.5 Å². The van der Waals surface area contributed by atoms with Crippen molar-refractivity contribution >= 4 is 28.5 Å². The molecular weight excluding hydrogens is 322 g/mol. The SMILES string of the molecule is CC(=O)NC(=O)CNCc1cc([N+](=O)[O-])cc2[nH]c(=O)c(=O)[nH]c12. The predicted molar refractivity (Wildman–Crippen MR) is 82.4 cm³/mol. The van der Waals surface area contributed by atoms with Gasteiger partial charge in [-0.2, -0.15) is 0 Å². The maximum Gasteiger partial charge on any atom is 0.314 e. The van der Waals surface area contributed by atoms with E-state index in [1.165, 1.54) is 13.0 Å². The van der Waals surface area contributed by atoms with E-state index in [2.05, 4.69) is 20.6 Å². The topological polar surface area (TPSA) is 167 Å². The number of fused-ring (bicyclic) bond motifs is 1. The molecule has 0 saturated carbocycles.